The second-order valence-electron chi connectivity index (χ2n) is 6.97. The molecule has 156 valence electrons. The van der Waals surface area contributed by atoms with Gasteiger partial charge in [0.15, 0.2) is 0 Å². The summed E-state index contributed by atoms with van der Waals surface area (Å²) >= 11 is 0. The molecule has 3 rings (SSSR count). The Morgan fingerprint density at radius 1 is 1.29 bits per heavy atom. The molecule has 1 fully saturated rings. The number of rotatable bonds is 6. The maximum absolute atomic E-state index is 13.2. The summed E-state index contributed by atoms with van der Waals surface area (Å²) < 4.78 is 15.0. The topological polar surface area (TPSA) is 62.2 Å². The van der Waals surface area contributed by atoms with Crippen LogP contribution in [0.2, 0.25) is 0 Å². The summed E-state index contributed by atoms with van der Waals surface area (Å²) in [5, 5.41) is 10.8. The van der Waals surface area contributed by atoms with Gasteiger partial charge in [0.2, 0.25) is 5.91 Å². The summed E-state index contributed by atoms with van der Waals surface area (Å²) in [5.41, 5.74) is 0.309. The summed E-state index contributed by atoms with van der Waals surface area (Å²) in [6.45, 7) is 2.01. The minimum absolute atomic E-state index is 0. The molecule has 1 amide bonds. The van der Waals surface area contributed by atoms with Crippen LogP contribution in [-0.2, 0) is 10.3 Å². The minimum Gasteiger partial charge on any atom is -0.352 e. The van der Waals surface area contributed by atoms with Crippen molar-refractivity contribution in [2.75, 3.05) is 33.7 Å². The molecule has 0 radical (unpaired) electrons. The monoisotopic (exact) mass is 431 g/mol. The molecule has 0 spiro atoms. The van der Waals surface area contributed by atoms with Crippen LogP contribution >= 0.6 is 24.8 Å². The molecule has 2 heterocycles. The van der Waals surface area contributed by atoms with E-state index >= 15 is 0 Å². The third-order valence-electron chi connectivity index (χ3n) is 5.13. The number of carbonyl (C=O) groups excluding carboxylic acids is 1. The smallest absolute Gasteiger partial charge is 0.248 e. The van der Waals surface area contributed by atoms with Gasteiger partial charge in [-0.3, -0.25) is 9.48 Å². The highest BCUT2D eigenvalue weighted by Crippen LogP contribution is 2.27. The lowest BCUT2D eigenvalue weighted by Crippen LogP contribution is -2.55. The van der Waals surface area contributed by atoms with E-state index in [9.17, 15) is 9.18 Å². The van der Waals surface area contributed by atoms with Crippen LogP contribution in [-0.4, -0.2) is 54.3 Å². The van der Waals surface area contributed by atoms with Gasteiger partial charge in [0.1, 0.15) is 11.4 Å². The van der Waals surface area contributed by atoms with Gasteiger partial charge in [0.05, 0.1) is 6.04 Å². The number of nitrogens with zero attached hydrogens (tertiary/aromatic N) is 3. The van der Waals surface area contributed by atoms with Gasteiger partial charge in [-0.15, -0.1) is 24.8 Å². The molecular formula is C19H28Cl2FN5O. The predicted octanol–water partition coefficient (Wildman–Crippen LogP) is 2.36. The number of hydrogen-bond acceptors (Lipinski definition) is 4. The second kappa shape index (κ2) is 10.8. The van der Waals surface area contributed by atoms with E-state index in [1.165, 1.54) is 12.1 Å². The van der Waals surface area contributed by atoms with E-state index in [2.05, 4.69) is 15.7 Å². The molecule has 9 heteroatoms. The molecule has 1 aliphatic heterocycles. The van der Waals surface area contributed by atoms with E-state index < -0.39 is 5.54 Å². The Bertz CT molecular complexity index is 718. The summed E-state index contributed by atoms with van der Waals surface area (Å²) in [7, 11) is 3.90. The van der Waals surface area contributed by atoms with Crippen molar-refractivity contribution in [1.29, 1.82) is 0 Å². The SMILES string of the molecule is CN(C)C(CNC(=O)C1(n2cccn2)CCNCC1)c1ccc(F)cc1.Cl.Cl. The van der Waals surface area contributed by atoms with E-state index in [1.807, 2.05) is 31.3 Å². The summed E-state index contributed by atoms with van der Waals surface area (Å²) in [6, 6.07) is 8.24. The van der Waals surface area contributed by atoms with Crippen molar-refractivity contribution in [2.45, 2.75) is 24.4 Å². The molecule has 6 nitrogen and oxygen atoms in total. The van der Waals surface area contributed by atoms with Gasteiger partial charge in [-0.2, -0.15) is 5.10 Å². The average Bonchev–Trinajstić information content (AvgIpc) is 3.18. The summed E-state index contributed by atoms with van der Waals surface area (Å²) in [5.74, 6) is -0.278. The molecular weight excluding hydrogens is 404 g/mol. The molecule has 1 aliphatic rings. The summed E-state index contributed by atoms with van der Waals surface area (Å²) in [6.07, 6.45) is 4.96. The van der Waals surface area contributed by atoms with Crippen LogP contribution in [0.15, 0.2) is 42.7 Å². The summed E-state index contributed by atoms with van der Waals surface area (Å²) in [4.78, 5) is 15.2. The fourth-order valence-electron chi connectivity index (χ4n) is 3.56. The highest BCUT2D eigenvalue weighted by atomic mass is 35.5. The first kappa shape index (κ1) is 24.4. The Morgan fingerprint density at radius 2 is 1.93 bits per heavy atom. The molecule has 2 aromatic rings. The van der Waals surface area contributed by atoms with Crippen LogP contribution in [0.3, 0.4) is 0 Å². The number of piperidine rings is 1. The quantitative estimate of drug-likeness (QED) is 0.736. The van der Waals surface area contributed by atoms with E-state index in [0.29, 0.717) is 19.4 Å². The highest BCUT2D eigenvalue weighted by Gasteiger charge is 2.42. The normalized spacial score (nSPS) is 16.6. The first-order valence-electron chi connectivity index (χ1n) is 8.94. The molecule has 1 atom stereocenters. The number of halogens is 3. The number of hydrogen-bond donors (Lipinski definition) is 2. The molecule has 2 N–H and O–H groups in total. The largest absolute Gasteiger partial charge is 0.352 e. The zero-order valence-electron chi connectivity index (χ0n) is 16.1. The molecule has 1 saturated heterocycles. The fraction of sp³-hybridized carbons (Fsp3) is 0.474. The van der Waals surface area contributed by atoms with E-state index in [4.69, 9.17) is 0 Å². The van der Waals surface area contributed by atoms with Crippen molar-refractivity contribution in [3.05, 3.63) is 54.1 Å². The third kappa shape index (κ3) is 5.23. The van der Waals surface area contributed by atoms with Gasteiger partial charge in [-0.1, -0.05) is 12.1 Å². The van der Waals surface area contributed by atoms with Crippen LogP contribution in [0.4, 0.5) is 4.39 Å². The third-order valence-corrected chi connectivity index (χ3v) is 5.13. The van der Waals surface area contributed by atoms with Crippen molar-refractivity contribution < 1.29 is 9.18 Å². The Morgan fingerprint density at radius 3 is 2.46 bits per heavy atom. The van der Waals surface area contributed by atoms with Crippen LogP contribution < -0.4 is 10.6 Å². The van der Waals surface area contributed by atoms with Crippen molar-refractivity contribution in [1.82, 2.24) is 25.3 Å². The minimum atomic E-state index is -0.658. The Labute approximate surface area is 177 Å². The first-order chi connectivity index (χ1) is 12.5. The second-order valence-corrected chi connectivity index (χ2v) is 6.97. The van der Waals surface area contributed by atoms with Crippen molar-refractivity contribution in [3.8, 4) is 0 Å². The van der Waals surface area contributed by atoms with Crippen molar-refractivity contribution >= 4 is 30.7 Å². The van der Waals surface area contributed by atoms with E-state index in [0.717, 1.165) is 18.7 Å². The van der Waals surface area contributed by atoms with Gasteiger partial charge >= 0.3 is 0 Å². The van der Waals surface area contributed by atoms with Gasteiger partial charge < -0.3 is 15.5 Å². The molecule has 1 aromatic heterocycles. The fourth-order valence-corrected chi connectivity index (χ4v) is 3.56. The van der Waals surface area contributed by atoms with Crippen molar-refractivity contribution in [3.63, 3.8) is 0 Å². The molecule has 1 unspecified atom stereocenters. The van der Waals surface area contributed by atoms with E-state index in [-0.39, 0.29) is 42.6 Å². The number of aromatic nitrogens is 2. The van der Waals surface area contributed by atoms with Gasteiger partial charge in [-0.05, 0) is 63.8 Å². The van der Waals surface area contributed by atoms with Gasteiger partial charge in [0.25, 0.3) is 0 Å². The Hall–Kier alpha value is -1.67. The van der Waals surface area contributed by atoms with Gasteiger partial charge in [0, 0.05) is 18.9 Å². The standard InChI is InChI=1S/C19H26FN5O.2ClH/c1-24(2)17(15-4-6-16(20)7-5-15)14-22-18(26)19(8-11-21-12-9-19)25-13-3-10-23-25;;/h3-7,10,13,17,21H,8-9,11-12,14H2,1-2H3,(H,22,26);2*1H. The molecule has 1 aromatic carbocycles. The number of amides is 1. The Balaban J connectivity index is 0.00000196. The molecule has 0 bridgehead atoms. The lowest BCUT2D eigenvalue weighted by atomic mass is 9.87. The number of likely N-dealkylation sites (N-methyl/N-ethyl adjacent to an activating group) is 1. The number of benzene rings is 1. The Kier molecular flexibility index (Phi) is 9.36. The van der Waals surface area contributed by atoms with Crippen LogP contribution in [0.1, 0.15) is 24.4 Å². The van der Waals surface area contributed by atoms with Crippen LogP contribution in [0, 0.1) is 5.82 Å². The van der Waals surface area contributed by atoms with E-state index in [1.54, 1.807) is 23.0 Å². The molecule has 0 saturated carbocycles. The van der Waals surface area contributed by atoms with Crippen LogP contribution in [0.25, 0.3) is 0 Å². The maximum atomic E-state index is 13.2. The number of nitrogens with one attached hydrogen (secondary N) is 2. The first-order valence-corrected chi connectivity index (χ1v) is 8.94. The van der Waals surface area contributed by atoms with Crippen molar-refractivity contribution in [2.24, 2.45) is 0 Å². The van der Waals surface area contributed by atoms with Gasteiger partial charge in [-0.25, -0.2) is 4.39 Å². The molecule has 0 aliphatic carbocycles. The molecule has 28 heavy (non-hydrogen) atoms. The zero-order valence-corrected chi connectivity index (χ0v) is 17.7. The average molecular weight is 432 g/mol. The predicted molar refractivity (Wildman–Crippen MR) is 113 cm³/mol. The number of carbonyl (C=O) groups is 1. The lowest BCUT2D eigenvalue weighted by Gasteiger charge is -2.37. The lowest BCUT2D eigenvalue weighted by molar-refractivity contribution is -0.132. The zero-order chi connectivity index (χ0) is 18.6. The highest BCUT2D eigenvalue weighted by molar-refractivity contribution is 5.85. The van der Waals surface area contributed by atoms with Crippen LogP contribution in [0.5, 0.6) is 0 Å². The maximum Gasteiger partial charge on any atom is 0.248 e.